The molecule has 0 bridgehead atoms. The van der Waals surface area contributed by atoms with Crippen LogP contribution < -0.4 is 11.1 Å². The highest BCUT2D eigenvalue weighted by Gasteiger charge is 2.12. The van der Waals surface area contributed by atoms with E-state index in [1.807, 2.05) is 5.38 Å². The van der Waals surface area contributed by atoms with E-state index < -0.39 is 0 Å². The Hall–Kier alpha value is -1.38. The van der Waals surface area contributed by atoms with Gasteiger partial charge in [0.1, 0.15) is 11.1 Å². The lowest BCUT2D eigenvalue weighted by Crippen LogP contribution is -2.15. The summed E-state index contributed by atoms with van der Waals surface area (Å²) in [6.45, 7) is 2.82. The first-order valence-electron chi connectivity index (χ1n) is 6.68. The molecular formula is C14H21N3OS. The Kier molecular flexibility index (Phi) is 7.16. The molecule has 0 radical (unpaired) electrons. The summed E-state index contributed by atoms with van der Waals surface area (Å²) in [5.41, 5.74) is 6.11. The molecular weight excluding hydrogens is 258 g/mol. The maximum atomic E-state index is 11.8. The molecule has 0 aliphatic heterocycles. The molecule has 4 nitrogen and oxygen atoms in total. The predicted molar refractivity (Wildman–Crippen MR) is 79.0 cm³/mol. The van der Waals surface area contributed by atoms with Gasteiger partial charge in [0.25, 0.3) is 0 Å². The molecule has 0 aliphatic rings. The zero-order valence-electron chi connectivity index (χ0n) is 11.3. The average molecular weight is 279 g/mol. The quantitative estimate of drug-likeness (QED) is 0.767. The zero-order valence-corrected chi connectivity index (χ0v) is 12.1. The molecule has 1 unspecified atom stereocenters. The lowest BCUT2D eigenvalue weighted by Gasteiger charge is -2.14. The lowest BCUT2D eigenvalue weighted by molar-refractivity contribution is -0.116. The summed E-state index contributed by atoms with van der Waals surface area (Å²) in [5.74, 6) is 0.511. The monoisotopic (exact) mass is 279 g/mol. The molecule has 3 N–H and O–H groups in total. The molecule has 0 saturated carbocycles. The van der Waals surface area contributed by atoms with Gasteiger partial charge in [0, 0.05) is 6.42 Å². The fraction of sp³-hybridized carbons (Fsp3) is 0.571. The number of nitrogens with zero attached hydrogens (tertiary/aromatic N) is 1. The van der Waals surface area contributed by atoms with E-state index in [0.29, 0.717) is 29.4 Å². The number of nitrogens with two attached hydrogens (primary N) is 1. The third-order valence-electron chi connectivity index (χ3n) is 3.09. The van der Waals surface area contributed by atoms with Crippen LogP contribution in [0.15, 0.2) is 11.4 Å². The van der Waals surface area contributed by atoms with Crippen LogP contribution in [0.3, 0.4) is 0 Å². The Balaban J connectivity index is 2.41. The van der Waals surface area contributed by atoms with E-state index >= 15 is 0 Å². The molecule has 1 amide bonds. The van der Waals surface area contributed by atoms with Crippen LogP contribution in [-0.2, 0) is 4.79 Å². The van der Waals surface area contributed by atoms with Gasteiger partial charge in [-0.25, -0.2) is 0 Å². The number of carbonyl (C=O) groups is 1. The Morgan fingerprint density at radius 3 is 2.95 bits per heavy atom. The van der Waals surface area contributed by atoms with Crippen molar-refractivity contribution in [3.05, 3.63) is 17.0 Å². The maximum absolute atomic E-state index is 11.8. The van der Waals surface area contributed by atoms with Crippen molar-refractivity contribution >= 4 is 22.2 Å². The highest BCUT2D eigenvalue weighted by molar-refractivity contribution is 7.14. The van der Waals surface area contributed by atoms with Crippen LogP contribution in [0.4, 0.5) is 5.00 Å². The molecule has 104 valence electrons. The number of nitriles is 1. The van der Waals surface area contributed by atoms with Gasteiger partial charge in [0.2, 0.25) is 5.91 Å². The second-order valence-electron chi connectivity index (χ2n) is 4.59. The molecule has 1 atom stereocenters. The van der Waals surface area contributed by atoms with Crippen LogP contribution in [0.2, 0.25) is 0 Å². The standard InChI is InChI=1S/C14H21N3OS/c1-2-3-11(6-8-15)4-5-13(18)17-14-12(10-16)7-9-19-14/h7,9,11H,2-6,8,15H2,1H3,(H,17,18). The minimum absolute atomic E-state index is 0.0166. The molecule has 0 aromatic carbocycles. The SMILES string of the molecule is CCCC(CCN)CCC(=O)Nc1sccc1C#N. The van der Waals surface area contributed by atoms with E-state index in [0.717, 1.165) is 25.7 Å². The first-order valence-corrected chi connectivity index (χ1v) is 7.56. The topological polar surface area (TPSA) is 78.9 Å². The molecule has 0 fully saturated rings. The van der Waals surface area contributed by atoms with Gasteiger partial charge in [-0.1, -0.05) is 19.8 Å². The summed E-state index contributed by atoms with van der Waals surface area (Å²) < 4.78 is 0. The highest BCUT2D eigenvalue weighted by Crippen LogP contribution is 2.23. The summed E-state index contributed by atoms with van der Waals surface area (Å²) in [4.78, 5) is 11.8. The van der Waals surface area contributed by atoms with Gasteiger partial charge in [-0.3, -0.25) is 4.79 Å². The van der Waals surface area contributed by atoms with Crippen molar-refractivity contribution in [3.63, 3.8) is 0 Å². The number of anilines is 1. The summed E-state index contributed by atoms with van der Waals surface area (Å²) in [6, 6.07) is 3.78. The highest BCUT2D eigenvalue weighted by atomic mass is 32.1. The van der Waals surface area contributed by atoms with E-state index in [1.54, 1.807) is 6.07 Å². The van der Waals surface area contributed by atoms with Crippen molar-refractivity contribution in [3.8, 4) is 6.07 Å². The molecule has 0 saturated heterocycles. The largest absolute Gasteiger partial charge is 0.330 e. The van der Waals surface area contributed by atoms with Gasteiger partial charge >= 0.3 is 0 Å². The number of amides is 1. The van der Waals surface area contributed by atoms with Crippen LogP contribution in [-0.4, -0.2) is 12.5 Å². The summed E-state index contributed by atoms with van der Waals surface area (Å²) in [5, 5.41) is 14.1. The fourth-order valence-corrected chi connectivity index (χ4v) is 2.85. The summed E-state index contributed by atoms with van der Waals surface area (Å²) >= 11 is 1.38. The van der Waals surface area contributed by atoms with E-state index in [2.05, 4.69) is 18.3 Å². The molecule has 5 heteroatoms. The number of hydrogen-bond donors (Lipinski definition) is 2. The van der Waals surface area contributed by atoms with Crippen molar-refractivity contribution in [2.45, 2.75) is 39.0 Å². The minimum atomic E-state index is -0.0166. The second-order valence-corrected chi connectivity index (χ2v) is 5.51. The van der Waals surface area contributed by atoms with Crippen LogP contribution >= 0.6 is 11.3 Å². The van der Waals surface area contributed by atoms with E-state index in [1.165, 1.54) is 11.3 Å². The van der Waals surface area contributed by atoms with E-state index in [9.17, 15) is 4.79 Å². The Bertz CT molecular complexity index is 430. The predicted octanol–water partition coefficient (Wildman–Crippen LogP) is 3.10. The molecule has 19 heavy (non-hydrogen) atoms. The van der Waals surface area contributed by atoms with Crippen LogP contribution in [0.1, 0.15) is 44.6 Å². The zero-order chi connectivity index (χ0) is 14.1. The maximum Gasteiger partial charge on any atom is 0.225 e. The molecule has 0 aliphatic carbocycles. The molecule has 1 aromatic rings. The number of thiophene rings is 1. The number of nitrogens with one attached hydrogen (secondary N) is 1. The van der Waals surface area contributed by atoms with Gasteiger partial charge in [0.05, 0.1) is 5.56 Å². The van der Waals surface area contributed by atoms with Crippen molar-refractivity contribution < 1.29 is 4.79 Å². The molecule has 1 aromatic heterocycles. The fourth-order valence-electron chi connectivity index (χ4n) is 2.10. The van der Waals surface area contributed by atoms with Crippen molar-refractivity contribution in [2.75, 3.05) is 11.9 Å². The lowest BCUT2D eigenvalue weighted by atomic mass is 9.94. The van der Waals surface area contributed by atoms with Crippen molar-refractivity contribution in [2.24, 2.45) is 11.7 Å². The first kappa shape index (κ1) is 15.7. The number of rotatable bonds is 8. The molecule has 1 rings (SSSR count). The Labute approximate surface area is 118 Å². The van der Waals surface area contributed by atoms with Gasteiger partial charge in [-0.05, 0) is 36.8 Å². The number of hydrogen-bond acceptors (Lipinski definition) is 4. The average Bonchev–Trinajstić information content (AvgIpc) is 2.83. The molecule has 1 heterocycles. The smallest absolute Gasteiger partial charge is 0.225 e. The van der Waals surface area contributed by atoms with Crippen LogP contribution in [0.25, 0.3) is 0 Å². The number of carbonyl (C=O) groups excluding carboxylic acids is 1. The van der Waals surface area contributed by atoms with Crippen molar-refractivity contribution in [1.29, 1.82) is 5.26 Å². The van der Waals surface area contributed by atoms with Gasteiger partial charge in [-0.15, -0.1) is 11.3 Å². The first-order chi connectivity index (χ1) is 9.21. The Morgan fingerprint density at radius 2 is 2.32 bits per heavy atom. The van der Waals surface area contributed by atoms with E-state index in [-0.39, 0.29) is 5.91 Å². The Morgan fingerprint density at radius 1 is 1.53 bits per heavy atom. The second kappa shape index (κ2) is 8.68. The van der Waals surface area contributed by atoms with Gasteiger partial charge in [0.15, 0.2) is 0 Å². The normalized spacial score (nSPS) is 11.8. The van der Waals surface area contributed by atoms with Crippen molar-refractivity contribution in [1.82, 2.24) is 0 Å². The third-order valence-corrected chi connectivity index (χ3v) is 3.92. The van der Waals surface area contributed by atoms with E-state index in [4.69, 9.17) is 11.0 Å². The van der Waals surface area contributed by atoms with Crippen LogP contribution in [0, 0.1) is 17.2 Å². The van der Waals surface area contributed by atoms with Gasteiger partial charge < -0.3 is 11.1 Å². The van der Waals surface area contributed by atoms with Gasteiger partial charge in [-0.2, -0.15) is 5.26 Å². The third kappa shape index (κ3) is 5.41. The van der Waals surface area contributed by atoms with Crippen LogP contribution in [0.5, 0.6) is 0 Å². The summed E-state index contributed by atoms with van der Waals surface area (Å²) in [6.07, 6.45) is 4.57. The molecule has 0 spiro atoms. The minimum Gasteiger partial charge on any atom is -0.330 e. The summed E-state index contributed by atoms with van der Waals surface area (Å²) in [7, 11) is 0.